The van der Waals surface area contributed by atoms with E-state index in [2.05, 4.69) is 4.90 Å². The molecule has 1 unspecified atom stereocenters. The summed E-state index contributed by atoms with van der Waals surface area (Å²) in [6.07, 6.45) is -0.527. The lowest BCUT2D eigenvalue weighted by atomic mass is 10.2. The van der Waals surface area contributed by atoms with Gasteiger partial charge in [-0.3, -0.25) is 4.79 Å². The molecule has 26 heavy (non-hydrogen) atoms. The van der Waals surface area contributed by atoms with Crippen LogP contribution < -0.4 is 14.4 Å². The Kier molecular flexibility index (Phi) is 5.89. The molecule has 1 saturated heterocycles. The average Bonchev–Trinajstić information content (AvgIpc) is 2.68. The van der Waals surface area contributed by atoms with Crippen molar-refractivity contribution in [2.45, 2.75) is 13.0 Å². The van der Waals surface area contributed by atoms with Crippen molar-refractivity contribution < 1.29 is 14.3 Å². The maximum absolute atomic E-state index is 12.7. The van der Waals surface area contributed by atoms with E-state index in [1.807, 2.05) is 41.3 Å². The normalized spacial score (nSPS) is 15.5. The van der Waals surface area contributed by atoms with Gasteiger partial charge in [-0.25, -0.2) is 0 Å². The van der Waals surface area contributed by atoms with Crippen molar-refractivity contribution in [2.24, 2.45) is 0 Å². The smallest absolute Gasteiger partial charge is 0.263 e. The Hall–Kier alpha value is -2.40. The molecule has 0 radical (unpaired) electrons. The largest absolute Gasteiger partial charge is 0.497 e. The van der Waals surface area contributed by atoms with Gasteiger partial charge in [-0.15, -0.1) is 0 Å². The number of rotatable bonds is 5. The van der Waals surface area contributed by atoms with Gasteiger partial charge >= 0.3 is 0 Å². The predicted molar refractivity (Wildman–Crippen MR) is 103 cm³/mol. The molecule has 0 aromatic heterocycles. The molecular formula is C20H23ClN2O3. The minimum Gasteiger partial charge on any atom is -0.497 e. The monoisotopic (exact) mass is 374 g/mol. The molecule has 1 atom stereocenters. The number of piperazine rings is 1. The van der Waals surface area contributed by atoms with Crippen LogP contribution in [0.15, 0.2) is 48.5 Å². The molecule has 0 bridgehead atoms. The van der Waals surface area contributed by atoms with E-state index in [1.54, 1.807) is 26.2 Å². The number of hydrogen-bond donors (Lipinski definition) is 0. The van der Waals surface area contributed by atoms with Crippen LogP contribution in [0.1, 0.15) is 6.92 Å². The third-order valence-corrected chi connectivity index (χ3v) is 4.72. The Balaban J connectivity index is 1.53. The van der Waals surface area contributed by atoms with Crippen molar-refractivity contribution in [1.29, 1.82) is 0 Å². The van der Waals surface area contributed by atoms with Crippen LogP contribution in [0.3, 0.4) is 0 Å². The molecule has 1 heterocycles. The number of benzene rings is 2. The number of ether oxygens (including phenoxy) is 2. The predicted octanol–water partition coefficient (Wildman–Crippen LogP) is 3.46. The zero-order chi connectivity index (χ0) is 18.5. The van der Waals surface area contributed by atoms with Crippen molar-refractivity contribution >= 4 is 23.2 Å². The van der Waals surface area contributed by atoms with Gasteiger partial charge in [0.1, 0.15) is 11.5 Å². The molecule has 5 nitrogen and oxygen atoms in total. The Bertz CT molecular complexity index is 743. The first-order valence-electron chi connectivity index (χ1n) is 8.67. The summed E-state index contributed by atoms with van der Waals surface area (Å²) >= 11 is 6.07. The van der Waals surface area contributed by atoms with Gasteiger partial charge < -0.3 is 19.3 Å². The number of amides is 1. The Labute approximate surface area is 159 Å². The molecular weight excluding hydrogens is 352 g/mol. The zero-order valence-corrected chi connectivity index (χ0v) is 15.8. The van der Waals surface area contributed by atoms with Gasteiger partial charge in [-0.1, -0.05) is 17.7 Å². The zero-order valence-electron chi connectivity index (χ0n) is 15.0. The first-order chi connectivity index (χ1) is 12.6. The number of nitrogens with zero attached hydrogens (tertiary/aromatic N) is 2. The van der Waals surface area contributed by atoms with Crippen LogP contribution in [0.25, 0.3) is 0 Å². The molecule has 6 heteroatoms. The van der Waals surface area contributed by atoms with E-state index in [0.717, 1.165) is 29.5 Å². The molecule has 0 saturated carbocycles. The fourth-order valence-electron chi connectivity index (χ4n) is 3.02. The molecule has 1 amide bonds. The molecule has 0 aliphatic carbocycles. The van der Waals surface area contributed by atoms with Crippen molar-refractivity contribution in [3.05, 3.63) is 53.6 Å². The van der Waals surface area contributed by atoms with Gasteiger partial charge in [-0.2, -0.15) is 0 Å². The molecule has 0 N–H and O–H groups in total. The number of hydrogen-bond acceptors (Lipinski definition) is 4. The van der Waals surface area contributed by atoms with Gasteiger partial charge in [-0.05, 0) is 49.4 Å². The van der Waals surface area contributed by atoms with Crippen LogP contribution in [0.4, 0.5) is 5.69 Å². The van der Waals surface area contributed by atoms with E-state index in [-0.39, 0.29) is 5.91 Å². The highest BCUT2D eigenvalue weighted by Gasteiger charge is 2.26. The topological polar surface area (TPSA) is 42.0 Å². The van der Waals surface area contributed by atoms with Gasteiger partial charge in [0.25, 0.3) is 5.91 Å². The van der Waals surface area contributed by atoms with Gasteiger partial charge in [0.05, 0.1) is 7.11 Å². The maximum atomic E-state index is 12.7. The fraction of sp³-hybridized carbons (Fsp3) is 0.350. The molecule has 2 aromatic carbocycles. The maximum Gasteiger partial charge on any atom is 0.263 e. The van der Waals surface area contributed by atoms with Crippen LogP contribution in [-0.2, 0) is 4.79 Å². The van der Waals surface area contributed by atoms with Crippen LogP contribution >= 0.6 is 11.6 Å². The minimum absolute atomic E-state index is 0.00608. The second kappa shape index (κ2) is 8.32. The van der Waals surface area contributed by atoms with E-state index in [4.69, 9.17) is 21.1 Å². The Morgan fingerprint density at radius 2 is 1.69 bits per heavy atom. The van der Waals surface area contributed by atoms with Crippen molar-refractivity contribution in [2.75, 3.05) is 38.2 Å². The Morgan fingerprint density at radius 3 is 2.31 bits per heavy atom. The van der Waals surface area contributed by atoms with Crippen molar-refractivity contribution in [3.63, 3.8) is 0 Å². The molecule has 3 rings (SSSR count). The summed E-state index contributed by atoms with van der Waals surface area (Å²) in [5.74, 6) is 1.42. The highest BCUT2D eigenvalue weighted by atomic mass is 35.5. The molecule has 138 valence electrons. The van der Waals surface area contributed by atoms with Crippen LogP contribution in [0, 0.1) is 0 Å². The molecule has 1 aliphatic rings. The fourth-order valence-corrected chi connectivity index (χ4v) is 3.21. The third-order valence-electron chi connectivity index (χ3n) is 4.48. The lowest BCUT2D eigenvalue weighted by molar-refractivity contribution is -0.138. The summed E-state index contributed by atoms with van der Waals surface area (Å²) < 4.78 is 10.9. The number of halogens is 1. The van der Waals surface area contributed by atoms with Crippen LogP contribution in [0.2, 0.25) is 5.02 Å². The van der Waals surface area contributed by atoms with Crippen molar-refractivity contribution in [1.82, 2.24) is 4.90 Å². The van der Waals surface area contributed by atoms with Gasteiger partial charge in [0.15, 0.2) is 6.10 Å². The SMILES string of the molecule is COc1ccc(OC(C)C(=O)N2CCN(c3cccc(Cl)c3)CC2)cc1. The van der Waals surface area contributed by atoms with Crippen LogP contribution in [-0.4, -0.2) is 50.2 Å². The molecule has 1 fully saturated rings. The summed E-state index contributed by atoms with van der Waals surface area (Å²) in [6.45, 7) is 4.68. The summed E-state index contributed by atoms with van der Waals surface area (Å²) in [5.41, 5.74) is 1.09. The number of carbonyl (C=O) groups excluding carboxylic acids is 1. The summed E-state index contributed by atoms with van der Waals surface area (Å²) in [6, 6.07) is 15.0. The van der Waals surface area contributed by atoms with Crippen LogP contribution in [0.5, 0.6) is 11.5 Å². The van der Waals surface area contributed by atoms with E-state index in [9.17, 15) is 4.79 Å². The second-order valence-electron chi connectivity index (χ2n) is 6.23. The molecule has 1 aliphatic heterocycles. The third kappa shape index (κ3) is 4.41. The van der Waals surface area contributed by atoms with E-state index in [0.29, 0.717) is 18.8 Å². The minimum atomic E-state index is -0.527. The second-order valence-corrected chi connectivity index (χ2v) is 6.66. The lowest BCUT2D eigenvalue weighted by Gasteiger charge is -2.37. The highest BCUT2D eigenvalue weighted by molar-refractivity contribution is 6.30. The molecule has 0 spiro atoms. The van der Waals surface area contributed by atoms with E-state index in [1.165, 1.54) is 0 Å². The van der Waals surface area contributed by atoms with Crippen molar-refractivity contribution in [3.8, 4) is 11.5 Å². The number of carbonyl (C=O) groups is 1. The first-order valence-corrected chi connectivity index (χ1v) is 9.04. The average molecular weight is 375 g/mol. The standard InChI is InChI=1S/C20H23ClN2O3/c1-15(26-19-8-6-18(25-2)7-9-19)20(24)23-12-10-22(11-13-23)17-5-3-4-16(21)14-17/h3-9,14-15H,10-13H2,1-2H3. The summed E-state index contributed by atoms with van der Waals surface area (Å²) in [4.78, 5) is 16.8. The summed E-state index contributed by atoms with van der Waals surface area (Å²) in [5, 5.41) is 0.725. The quantitative estimate of drug-likeness (QED) is 0.803. The first kappa shape index (κ1) is 18.4. The van der Waals surface area contributed by atoms with Gasteiger partial charge in [0, 0.05) is 36.9 Å². The van der Waals surface area contributed by atoms with E-state index < -0.39 is 6.10 Å². The number of anilines is 1. The lowest BCUT2D eigenvalue weighted by Crippen LogP contribution is -2.52. The molecule has 2 aromatic rings. The highest BCUT2D eigenvalue weighted by Crippen LogP contribution is 2.22. The van der Waals surface area contributed by atoms with E-state index >= 15 is 0 Å². The Morgan fingerprint density at radius 1 is 1.04 bits per heavy atom. The number of methoxy groups -OCH3 is 1. The van der Waals surface area contributed by atoms with Gasteiger partial charge in [0.2, 0.25) is 0 Å². The summed E-state index contributed by atoms with van der Waals surface area (Å²) in [7, 11) is 1.62.